The van der Waals surface area contributed by atoms with E-state index in [0.717, 1.165) is 0 Å². The van der Waals surface area contributed by atoms with Crippen LogP contribution in [0.25, 0.3) is 33.4 Å². The van der Waals surface area contributed by atoms with Gasteiger partial charge in [0.05, 0.1) is 0 Å². The van der Waals surface area contributed by atoms with Gasteiger partial charge in [0.2, 0.25) is 0 Å². The van der Waals surface area contributed by atoms with Crippen molar-refractivity contribution in [1.29, 1.82) is 0 Å². The number of benzene rings is 6. The lowest BCUT2D eigenvalue weighted by molar-refractivity contribution is 0.435. The number of nitrogens with zero attached hydrogens (tertiary/aromatic N) is 1. The lowest BCUT2D eigenvalue weighted by Crippen LogP contribution is -2.16. The molecule has 1 heteroatoms. The summed E-state index contributed by atoms with van der Waals surface area (Å²) in [5.41, 5.74) is 20.9. The molecule has 6 aromatic carbocycles. The molecule has 11 rings (SSSR count). The van der Waals surface area contributed by atoms with Gasteiger partial charge in [-0.05, 0) is 184 Å². The summed E-state index contributed by atoms with van der Waals surface area (Å²) in [6.07, 6.45) is 27.0. The molecule has 0 aromatic heterocycles. The molecule has 0 radical (unpaired) electrons. The van der Waals surface area contributed by atoms with Crippen LogP contribution in [0.5, 0.6) is 0 Å². The first-order valence-electron chi connectivity index (χ1n) is 26.0. The molecule has 5 aliphatic carbocycles. The smallest absolute Gasteiger partial charge is 0.0473 e. The molecule has 0 aliphatic heterocycles. The van der Waals surface area contributed by atoms with E-state index in [0.29, 0.717) is 23.7 Å². The Labute approximate surface area is 385 Å². The van der Waals surface area contributed by atoms with E-state index in [9.17, 15) is 0 Å². The van der Waals surface area contributed by atoms with Crippen molar-refractivity contribution >= 4 is 17.1 Å². The average Bonchev–Trinajstić information content (AvgIpc) is 3.60. The van der Waals surface area contributed by atoms with E-state index >= 15 is 0 Å². The highest BCUT2D eigenvalue weighted by Crippen LogP contribution is 2.51. The summed E-state index contributed by atoms with van der Waals surface area (Å²) in [6.45, 7) is 4.85. The molecule has 64 heavy (non-hydrogen) atoms. The van der Waals surface area contributed by atoms with Crippen LogP contribution in [-0.2, 0) is 5.41 Å². The average molecular weight is 842 g/mol. The minimum atomic E-state index is -0.0832. The maximum Gasteiger partial charge on any atom is 0.0473 e. The lowest BCUT2D eigenvalue weighted by atomic mass is 9.78. The Morgan fingerprint density at radius 1 is 0.328 bits per heavy atom. The topological polar surface area (TPSA) is 3.24 Å². The molecule has 0 spiro atoms. The summed E-state index contributed by atoms with van der Waals surface area (Å²) in [6, 6.07) is 51.5. The number of hydrogen-bond acceptors (Lipinski definition) is 1. The van der Waals surface area contributed by atoms with Crippen molar-refractivity contribution in [3.05, 3.63) is 161 Å². The second-order valence-electron chi connectivity index (χ2n) is 21.4. The van der Waals surface area contributed by atoms with Crippen LogP contribution in [0.1, 0.15) is 199 Å². The zero-order valence-electron chi connectivity index (χ0n) is 39.0. The van der Waals surface area contributed by atoms with E-state index in [2.05, 4.69) is 146 Å². The van der Waals surface area contributed by atoms with Gasteiger partial charge in [0, 0.05) is 22.5 Å². The number of anilines is 3. The van der Waals surface area contributed by atoms with Gasteiger partial charge in [0.1, 0.15) is 0 Å². The van der Waals surface area contributed by atoms with Crippen LogP contribution in [0.4, 0.5) is 17.1 Å². The fourth-order valence-electron chi connectivity index (χ4n) is 13.3. The Bertz CT molecular complexity index is 2530. The van der Waals surface area contributed by atoms with Crippen molar-refractivity contribution in [2.45, 2.75) is 171 Å². The molecule has 0 atom stereocenters. The molecular formula is C63H71N. The number of hydrogen-bond donors (Lipinski definition) is 0. The molecule has 0 unspecified atom stereocenters. The summed E-state index contributed by atoms with van der Waals surface area (Å²) in [7, 11) is 0. The van der Waals surface area contributed by atoms with Gasteiger partial charge in [0.25, 0.3) is 0 Å². The first-order chi connectivity index (χ1) is 31.5. The number of rotatable bonds is 9. The van der Waals surface area contributed by atoms with Gasteiger partial charge in [-0.25, -0.2) is 0 Å². The van der Waals surface area contributed by atoms with Crippen molar-refractivity contribution in [2.75, 3.05) is 4.90 Å². The third-order valence-corrected chi connectivity index (χ3v) is 17.0. The molecule has 0 heterocycles. The highest BCUT2D eigenvalue weighted by atomic mass is 15.1. The summed E-state index contributed by atoms with van der Waals surface area (Å²) >= 11 is 0. The second-order valence-corrected chi connectivity index (χ2v) is 21.4. The first kappa shape index (κ1) is 41.8. The highest BCUT2D eigenvalue weighted by Gasteiger charge is 2.36. The van der Waals surface area contributed by atoms with Crippen molar-refractivity contribution in [3.63, 3.8) is 0 Å². The molecule has 1 nitrogen and oxygen atoms in total. The van der Waals surface area contributed by atoms with Crippen LogP contribution < -0.4 is 4.90 Å². The largest absolute Gasteiger partial charge is 0.310 e. The second kappa shape index (κ2) is 18.2. The number of fused-ring (bicyclic) bond motifs is 3. The summed E-state index contributed by atoms with van der Waals surface area (Å²) < 4.78 is 0. The maximum atomic E-state index is 2.67. The van der Waals surface area contributed by atoms with E-state index in [-0.39, 0.29) is 5.41 Å². The predicted molar refractivity (Wildman–Crippen MR) is 273 cm³/mol. The summed E-state index contributed by atoms with van der Waals surface area (Å²) in [5, 5.41) is 0. The van der Waals surface area contributed by atoms with Crippen molar-refractivity contribution in [2.24, 2.45) is 0 Å². The zero-order chi connectivity index (χ0) is 43.0. The Kier molecular flexibility index (Phi) is 11.9. The molecule has 0 saturated heterocycles. The third-order valence-electron chi connectivity index (χ3n) is 17.0. The monoisotopic (exact) mass is 842 g/mol. The lowest BCUT2D eigenvalue weighted by Gasteiger charge is -2.30. The molecule has 6 aromatic rings. The minimum Gasteiger partial charge on any atom is -0.310 e. The van der Waals surface area contributed by atoms with Gasteiger partial charge >= 0.3 is 0 Å². The van der Waals surface area contributed by atoms with Crippen LogP contribution >= 0.6 is 0 Å². The zero-order valence-corrected chi connectivity index (χ0v) is 39.0. The molecular weight excluding hydrogens is 771 g/mol. The molecule has 4 saturated carbocycles. The Morgan fingerprint density at radius 3 is 1.42 bits per heavy atom. The van der Waals surface area contributed by atoms with E-state index < -0.39 is 0 Å². The Balaban J connectivity index is 1.10. The molecule has 5 aliphatic rings. The first-order valence-corrected chi connectivity index (χ1v) is 26.0. The van der Waals surface area contributed by atoms with E-state index in [4.69, 9.17) is 0 Å². The van der Waals surface area contributed by atoms with E-state index in [1.807, 2.05) is 0 Å². The van der Waals surface area contributed by atoms with E-state index in [1.165, 1.54) is 201 Å². The van der Waals surface area contributed by atoms with E-state index in [1.54, 1.807) is 11.1 Å². The molecule has 0 bridgehead atoms. The van der Waals surface area contributed by atoms with Crippen LogP contribution in [0.2, 0.25) is 0 Å². The SMILES string of the molecule is CC1(C)c2ccccc2-c2ccc(N(c3ccc(C4CCCCC4)cc3)c3cc(-c4cccc(C5CCCCC5)c4)cc(-c4cc(C5CCCCC5)cc(C5CCCCC5)c4)c3)cc21. The normalized spacial score (nSPS) is 19.6. The minimum absolute atomic E-state index is 0.0832. The van der Waals surface area contributed by atoms with Gasteiger partial charge in [-0.1, -0.05) is 176 Å². The fraction of sp³-hybridized carbons (Fsp3) is 0.429. The fourth-order valence-corrected chi connectivity index (χ4v) is 13.3. The molecule has 0 N–H and O–H groups in total. The summed E-state index contributed by atoms with van der Waals surface area (Å²) in [4.78, 5) is 2.61. The molecule has 0 amide bonds. The molecule has 328 valence electrons. The quantitative estimate of drug-likeness (QED) is 0.140. The molecule has 4 fully saturated rings. The van der Waals surface area contributed by atoms with Gasteiger partial charge in [0.15, 0.2) is 0 Å². The predicted octanol–water partition coefficient (Wildman–Crippen LogP) is 19.0. The van der Waals surface area contributed by atoms with Crippen molar-refractivity contribution < 1.29 is 0 Å². The van der Waals surface area contributed by atoms with Gasteiger partial charge in [-0.15, -0.1) is 0 Å². The third kappa shape index (κ3) is 8.31. The highest BCUT2D eigenvalue weighted by molar-refractivity contribution is 5.88. The van der Waals surface area contributed by atoms with Crippen molar-refractivity contribution in [3.8, 4) is 33.4 Å². The maximum absolute atomic E-state index is 2.67. The Hall–Kier alpha value is -4.88. The summed E-state index contributed by atoms with van der Waals surface area (Å²) in [5.74, 6) is 2.68. The van der Waals surface area contributed by atoms with Crippen LogP contribution in [0.15, 0.2) is 127 Å². The van der Waals surface area contributed by atoms with Crippen molar-refractivity contribution in [1.82, 2.24) is 0 Å². The van der Waals surface area contributed by atoms with Gasteiger partial charge < -0.3 is 4.90 Å². The Morgan fingerprint density at radius 2 is 0.812 bits per heavy atom. The van der Waals surface area contributed by atoms with Crippen LogP contribution in [-0.4, -0.2) is 0 Å². The van der Waals surface area contributed by atoms with Gasteiger partial charge in [-0.3, -0.25) is 0 Å². The van der Waals surface area contributed by atoms with Crippen LogP contribution in [0, 0.1) is 0 Å². The van der Waals surface area contributed by atoms with Crippen LogP contribution in [0.3, 0.4) is 0 Å². The van der Waals surface area contributed by atoms with Gasteiger partial charge in [-0.2, -0.15) is 0 Å². The standard InChI is InChI=1S/C63H71N/c1-63(2)61-29-16-15-28-59(61)60-35-34-57(43-62(60)63)64(56-32-30-48(31-33-56)44-18-7-3-8-19-44)58-41-54(50-27-17-26-49(36-50)45-20-9-4-10-21-45)40-55(42-58)53-38-51(46-22-11-5-12-23-46)37-52(39-53)47-24-13-6-14-25-47/h15-17,26-47H,3-14,18-25H2,1-2H3.